The molecule has 1 aliphatic rings. The number of aromatic hydroxyl groups is 1. The van der Waals surface area contributed by atoms with Crippen LogP contribution < -0.4 is 10.5 Å². The molecule has 0 spiro atoms. The molecule has 3 N–H and O–H groups in total. The second-order valence-corrected chi connectivity index (χ2v) is 6.13. The minimum Gasteiger partial charge on any atom is -0.507 e. The van der Waals surface area contributed by atoms with Crippen molar-refractivity contribution in [2.45, 2.75) is 5.92 Å². The highest BCUT2D eigenvalue weighted by Gasteiger charge is 2.33. The SMILES string of the molecule is N#CC1=C(N)Oc2cc(O)c(C=Nc3cccc(F)c3)cc2C1c1ccco1. The number of allylic oxidation sites excluding steroid dienone is 1. The molecule has 4 rings (SSSR count). The molecule has 0 radical (unpaired) electrons. The molecular weight excluding hydrogens is 361 g/mol. The molecule has 0 amide bonds. The van der Waals surface area contributed by atoms with Gasteiger partial charge in [0.15, 0.2) is 0 Å². The summed E-state index contributed by atoms with van der Waals surface area (Å²) in [4.78, 5) is 4.20. The summed E-state index contributed by atoms with van der Waals surface area (Å²) >= 11 is 0. The number of benzene rings is 2. The van der Waals surface area contributed by atoms with Crippen molar-refractivity contribution < 1.29 is 18.7 Å². The molecule has 3 aromatic rings. The van der Waals surface area contributed by atoms with Crippen LogP contribution in [-0.4, -0.2) is 11.3 Å². The molecule has 1 aromatic heterocycles. The van der Waals surface area contributed by atoms with Gasteiger partial charge in [0.1, 0.15) is 34.7 Å². The number of fused-ring (bicyclic) bond motifs is 1. The van der Waals surface area contributed by atoms with Gasteiger partial charge in [-0.2, -0.15) is 5.26 Å². The number of halogens is 1. The zero-order valence-electron chi connectivity index (χ0n) is 14.5. The molecule has 6 nitrogen and oxygen atoms in total. The number of nitrogens with zero attached hydrogens (tertiary/aromatic N) is 2. The summed E-state index contributed by atoms with van der Waals surface area (Å²) in [5.74, 6) is -0.288. The number of nitriles is 1. The highest BCUT2D eigenvalue weighted by molar-refractivity contribution is 5.86. The van der Waals surface area contributed by atoms with Crippen molar-refractivity contribution in [3.8, 4) is 17.6 Å². The van der Waals surface area contributed by atoms with Crippen LogP contribution >= 0.6 is 0 Å². The fourth-order valence-electron chi connectivity index (χ4n) is 3.06. The van der Waals surface area contributed by atoms with E-state index in [0.717, 1.165) is 0 Å². The van der Waals surface area contributed by atoms with Crippen molar-refractivity contribution in [1.29, 1.82) is 5.26 Å². The highest BCUT2D eigenvalue weighted by atomic mass is 19.1. The normalized spacial score (nSPS) is 15.9. The van der Waals surface area contributed by atoms with E-state index in [1.54, 1.807) is 30.3 Å². The zero-order chi connectivity index (χ0) is 19.7. The van der Waals surface area contributed by atoms with Gasteiger partial charge in [0.2, 0.25) is 5.88 Å². The summed E-state index contributed by atoms with van der Waals surface area (Å²) in [6.07, 6.45) is 2.92. The molecule has 1 aliphatic heterocycles. The lowest BCUT2D eigenvalue weighted by atomic mass is 9.86. The Labute approximate surface area is 159 Å². The van der Waals surface area contributed by atoms with E-state index in [0.29, 0.717) is 28.3 Å². The molecule has 0 bridgehead atoms. The first-order chi connectivity index (χ1) is 13.6. The third-order valence-electron chi connectivity index (χ3n) is 4.35. The average Bonchev–Trinajstić information content (AvgIpc) is 3.20. The molecule has 28 heavy (non-hydrogen) atoms. The minimum absolute atomic E-state index is 0.0445. The van der Waals surface area contributed by atoms with Gasteiger partial charge < -0.3 is 20.0 Å². The molecular formula is C21H14FN3O3. The monoisotopic (exact) mass is 375 g/mol. The second kappa shape index (κ2) is 6.93. The van der Waals surface area contributed by atoms with Crippen LogP contribution in [0.25, 0.3) is 0 Å². The third kappa shape index (κ3) is 3.08. The molecule has 1 unspecified atom stereocenters. The number of hydrogen-bond acceptors (Lipinski definition) is 6. The number of furan rings is 1. The average molecular weight is 375 g/mol. The Kier molecular flexibility index (Phi) is 4.30. The van der Waals surface area contributed by atoms with Crippen molar-refractivity contribution >= 4 is 11.9 Å². The van der Waals surface area contributed by atoms with Crippen LogP contribution in [0.4, 0.5) is 10.1 Å². The van der Waals surface area contributed by atoms with E-state index in [1.807, 2.05) is 0 Å². The maximum atomic E-state index is 13.3. The van der Waals surface area contributed by atoms with E-state index in [4.69, 9.17) is 14.9 Å². The van der Waals surface area contributed by atoms with Crippen molar-refractivity contribution in [2.75, 3.05) is 0 Å². The first kappa shape index (κ1) is 17.4. The van der Waals surface area contributed by atoms with Gasteiger partial charge in [-0.1, -0.05) is 6.07 Å². The molecule has 1 atom stereocenters. The molecule has 7 heteroatoms. The molecule has 0 saturated heterocycles. The topological polar surface area (TPSA) is 105 Å². The van der Waals surface area contributed by atoms with E-state index in [2.05, 4.69) is 11.1 Å². The van der Waals surface area contributed by atoms with Gasteiger partial charge in [-0.05, 0) is 36.4 Å². The van der Waals surface area contributed by atoms with E-state index in [-0.39, 0.29) is 17.2 Å². The third-order valence-corrected chi connectivity index (χ3v) is 4.35. The van der Waals surface area contributed by atoms with Gasteiger partial charge in [-0.15, -0.1) is 0 Å². The smallest absolute Gasteiger partial charge is 0.205 e. The lowest BCUT2D eigenvalue weighted by Gasteiger charge is -2.25. The summed E-state index contributed by atoms with van der Waals surface area (Å²) in [7, 11) is 0. The molecule has 0 fully saturated rings. The maximum Gasteiger partial charge on any atom is 0.205 e. The van der Waals surface area contributed by atoms with Crippen molar-refractivity contribution in [3.63, 3.8) is 0 Å². The Morgan fingerprint density at radius 1 is 1.21 bits per heavy atom. The van der Waals surface area contributed by atoms with Crippen molar-refractivity contribution in [1.82, 2.24) is 0 Å². The highest BCUT2D eigenvalue weighted by Crippen LogP contribution is 2.44. The van der Waals surface area contributed by atoms with Gasteiger partial charge in [0.25, 0.3) is 0 Å². The maximum absolute atomic E-state index is 13.3. The van der Waals surface area contributed by atoms with E-state index in [9.17, 15) is 14.8 Å². The molecule has 138 valence electrons. The minimum atomic E-state index is -0.578. The number of rotatable bonds is 3. The van der Waals surface area contributed by atoms with Crippen LogP contribution in [0.5, 0.6) is 11.5 Å². The van der Waals surface area contributed by atoms with Gasteiger partial charge in [0.05, 0.1) is 17.9 Å². The number of phenolic OH excluding ortho intramolecular Hbond substituents is 1. The van der Waals surface area contributed by atoms with Gasteiger partial charge in [0, 0.05) is 23.4 Å². The van der Waals surface area contributed by atoms with Gasteiger partial charge in [-0.25, -0.2) is 4.39 Å². The number of phenols is 1. The van der Waals surface area contributed by atoms with Crippen LogP contribution in [0.2, 0.25) is 0 Å². The summed E-state index contributed by atoms with van der Waals surface area (Å²) in [5, 5.41) is 19.9. The van der Waals surface area contributed by atoms with E-state index >= 15 is 0 Å². The van der Waals surface area contributed by atoms with Crippen LogP contribution in [0.15, 0.2) is 75.7 Å². The first-order valence-electron chi connectivity index (χ1n) is 8.34. The molecule has 2 heterocycles. The summed E-state index contributed by atoms with van der Waals surface area (Å²) < 4.78 is 24.3. The van der Waals surface area contributed by atoms with Crippen molar-refractivity contribution in [3.05, 3.63) is 89.0 Å². The van der Waals surface area contributed by atoms with Crippen LogP contribution in [0, 0.1) is 17.1 Å². The van der Waals surface area contributed by atoms with Gasteiger partial charge in [-0.3, -0.25) is 4.99 Å². The lowest BCUT2D eigenvalue weighted by molar-refractivity contribution is 0.379. The van der Waals surface area contributed by atoms with Crippen LogP contribution in [-0.2, 0) is 0 Å². The first-order valence-corrected chi connectivity index (χ1v) is 8.34. The van der Waals surface area contributed by atoms with Crippen LogP contribution in [0.1, 0.15) is 22.8 Å². The predicted octanol–water partition coefficient (Wildman–Crippen LogP) is 4.09. The number of aliphatic imine (C=N–C) groups is 1. The standard InChI is InChI=1S/C21H14FN3O3/c22-13-3-1-4-14(8-13)25-11-12-7-15-19(9-17(12)26)28-21(24)16(10-23)20(15)18-5-2-6-27-18/h1-9,11,20,26H,24H2. The number of hydrogen-bond donors (Lipinski definition) is 2. The molecule has 0 saturated carbocycles. The Morgan fingerprint density at radius 2 is 2.07 bits per heavy atom. The van der Waals surface area contributed by atoms with Gasteiger partial charge >= 0.3 is 0 Å². The number of ether oxygens (including phenoxy) is 1. The summed E-state index contributed by atoms with van der Waals surface area (Å²) in [6.45, 7) is 0. The number of nitrogens with two attached hydrogens (primary N) is 1. The quantitative estimate of drug-likeness (QED) is 0.671. The summed E-state index contributed by atoms with van der Waals surface area (Å²) in [5.41, 5.74) is 7.47. The predicted molar refractivity (Wildman–Crippen MR) is 99.8 cm³/mol. The van der Waals surface area contributed by atoms with E-state index in [1.165, 1.54) is 30.7 Å². The zero-order valence-corrected chi connectivity index (χ0v) is 14.5. The fourth-order valence-corrected chi connectivity index (χ4v) is 3.06. The second-order valence-electron chi connectivity index (χ2n) is 6.13. The Balaban J connectivity index is 1.80. The largest absolute Gasteiger partial charge is 0.507 e. The molecule has 2 aromatic carbocycles. The fraction of sp³-hybridized carbons (Fsp3) is 0.0476. The lowest BCUT2D eigenvalue weighted by Crippen LogP contribution is -2.21. The Hall–Kier alpha value is -4.05. The Morgan fingerprint density at radius 3 is 2.79 bits per heavy atom. The molecule has 0 aliphatic carbocycles. The van der Waals surface area contributed by atoms with E-state index < -0.39 is 11.7 Å². The van der Waals surface area contributed by atoms with Crippen molar-refractivity contribution in [2.24, 2.45) is 10.7 Å². The van der Waals surface area contributed by atoms with Crippen LogP contribution in [0.3, 0.4) is 0 Å². The Bertz CT molecular complexity index is 1140. The summed E-state index contributed by atoms with van der Waals surface area (Å²) in [6, 6.07) is 14.3.